The van der Waals surface area contributed by atoms with Gasteiger partial charge in [-0.15, -0.1) is 0 Å². The van der Waals surface area contributed by atoms with Crippen LogP contribution in [-0.4, -0.2) is 59.6 Å². The number of amides is 2. The second-order valence-corrected chi connectivity index (χ2v) is 7.43. The zero-order valence-corrected chi connectivity index (χ0v) is 16.1. The van der Waals surface area contributed by atoms with Gasteiger partial charge in [0.15, 0.2) is 11.5 Å². The Morgan fingerprint density at radius 2 is 1.59 bits per heavy atom. The van der Waals surface area contributed by atoms with Crippen LogP contribution in [0.25, 0.3) is 10.9 Å². The van der Waals surface area contributed by atoms with Crippen molar-refractivity contribution in [1.82, 2.24) is 14.8 Å². The van der Waals surface area contributed by atoms with Crippen LogP contribution in [-0.2, 0) is 0 Å². The predicted octanol–water partition coefficient (Wildman–Crippen LogP) is 2.80. The monoisotopic (exact) mass is 391 g/mol. The second-order valence-electron chi connectivity index (χ2n) is 7.43. The molecule has 0 saturated carbocycles. The van der Waals surface area contributed by atoms with E-state index in [-0.39, 0.29) is 18.6 Å². The van der Waals surface area contributed by atoms with Crippen LogP contribution in [0.5, 0.6) is 11.5 Å². The first-order chi connectivity index (χ1) is 14.1. The summed E-state index contributed by atoms with van der Waals surface area (Å²) in [5.41, 5.74) is 3.26. The summed E-state index contributed by atoms with van der Waals surface area (Å²) < 4.78 is 10.7. The highest BCUT2D eigenvalue weighted by molar-refractivity contribution is 5.98. The largest absolute Gasteiger partial charge is 0.454 e. The lowest BCUT2D eigenvalue weighted by molar-refractivity contribution is 0.0532. The molecule has 0 atom stereocenters. The van der Waals surface area contributed by atoms with E-state index in [2.05, 4.69) is 4.98 Å². The Kier molecular flexibility index (Phi) is 4.16. The van der Waals surface area contributed by atoms with Crippen LogP contribution in [0.15, 0.2) is 42.5 Å². The fraction of sp³-hybridized carbons (Fsp3) is 0.273. The number of carbonyl (C=O) groups excluding carboxylic acids is 2. The molecule has 29 heavy (non-hydrogen) atoms. The molecule has 2 aliphatic heterocycles. The number of hydrogen-bond acceptors (Lipinski definition) is 4. The van der Waals surface area contributed by atoms with E-state index in [1.54, 1.807) is 28.0 Å². The molecule has 1 aromatic heterocycles. The van der Waals surface area contributed by atoms with Crippen LogP contribution >= 0.6 is 0 Å². The minimum Gasteiger partial charge on any atom is -0.454 e. The number of piperazine rings is 1. The minimum absolute atomic E-state index is 0.0333. The van der Waals surface area contributed by atoms with Gasteiger partial charge in [0.2, 0.25) is 6.79 Å². The number of rotatable bonds is 2. The molecule has 7 nitrogen and oxygen atoms in total. The van der Waals surface area contributed by atoms with E-state index in [1.807, 2.05) is 31.2 Å². The van der Waals surface area contributed by atoms with Gasteiger partial charge in [-0.25, -0.2) is 0 Å². The molecule has 2 aliphatic rings. The number of aromatic nitrogens is 1. The lowest BCUT2D eigenvalue weighted by Gasteiger charge is -2.34. The third-order valence-corrected chi connectivity index (χ3v) is 5.48. The number of nitrogens with one attached hydrogen (secondary N) is 1. The normalized spacial score (nSPS) is 15.8. The topological polar surface area (TPSA) is 74.9 Å². The molecule has 148 valence electrons. The summed E-state index contributed by atoms with van der Waals surface area (Å²) in [7, 11) is 0. The Bertz CT molecular complexity index is 1110. The van der Waals surface area contributed by atoms with Gasteiger partial charge in [-0.05, 0) is 42.8 Å². The molecule has 0 radical (unpaired) electrons. The van der Waals surface area contributed by atoms with Gasteiger partial charge < -0.3 is 24.3 Å². The minimum atomic E-state index is -0.0588. The van der Waals surface area contributed by atoms with Crippen molar-refractivity contribution in [2.45, 2.75) is 6.92 Å². The van der Waals surface area contributed by atoms with Crippen molar-refractivity contribution in [1.29, 1.82) is 0 Å². The van der Waals surface area contributed by atoms with Crippen LogP contribution in [0.3, 0.4) is 0 Å². The first-order valence-electron chi connectivity index (χ1n) is 9.66. The van der Waals surface area contributed by atoms with E-state index in [1.165, 1.54) is 0 Å². The van der Waals surface area contributed by atoms with Crippen LogP contribution in [0.4, 0.5) is 0 Å². The summed E-state index contributed by atoms with van der Waals surface area (Å²) in [6.45, 7) is 4.21. The van der Waals surface area contributed by atoms with Gasteiger partial charge in [-0.3, -0.25) is 9.59 Å². The van der Waals surface area contributed by atoms with Crippen molar-refractivity contribution in [3.8, 4) is 11.5 Å². The van der Waals surface area contributed by atoms with Crippen molar-refractivity contribution in [2.75, 3.05) is 33.0 Å². The van der Waals surface area contributed by atoms with Gasteiger partial charge in [0.1, 0.15) is 5.69 Å². The Hall–Kier alpha value is -3.48. The third-order valence-electron chi connectivity index (χ3n) is 5.48. The average Bonchev–Trinajstić information content (AvgIpc) is 3.38. The SMILES string of the molecule is Cc1ccc2cc(C(=O)N3CCN(C(=O)c4ccc5c(c4)OCO5)CC3)[nH]c2c1. The summed E-state index contributed by atoms with van der Waals surface area (Å²) in [5, 5.41) is 1.02. The molecule has 1 saturated heterocycles. The molecule has 2 amide bonds. The first-order valence-corrected chi connectivity index (χ1v) is 9.66. The third kappa shape index (κ3) is 3.18. The number of carbonyl (C=O) groups is 2. The molecular weight excluding hydrogens is 370 g/mol. The molecule has 7 heteroatoms. The lowest BCUT2D eigenvalue weighted by atomic mass is 10.1. The number of ether oxygens (including phenoxy) is 2. The van der Waals surface area contributed by atoms with E-state index in [0.29, 0.717) is 48.9 Å². The molecule has 3 aromatic rings. The van der Waals surface area contributed by atoms with Crippen molar-refractivity contribution >= 4 is 22.7 Å². The molecule has 3 heterocycles. The summed E-state index contributed by atoms with van der Waals surface area (Å²) >= 11 is 0. The molecule has 0 unspecified atom stereocenters. The van der Waals surface area contributed by atoms with Crippen LogP contribution in [0.2, 0.25) is 0 Å². The Morgan fingerprint density at radius 3 is 2.38 bits per heavy atom. The maximum absolute atomic E-state index is 12.9. The number of aromatic amines is 1. The highest BCUT2D eigenvalue weighted by Gasteiger charge is 2.27. The molecule has 0 aliphatic carbocycles. The maximum atomic E-state index is 12.9. The lowest BCUT2D eigenvalue weighted by Crippen LogP contribution is -2.50. The van der Waals surface area contributed by atoms with Crippen molar-refractivity contribution in [3.63, 3.8) is 0 Å². The predicted molar refractivity (Wildman–Crippen MR) is 107 cm³/mol. The highest BCUT2D eigenvalue weighted by atomic mass is 16.7. The molecule has 1 fully saturated rings. The van der Waals surface area contributed by atoms with Crippen LogP contribution < -0.4 is 9.47 Å². The molecule has 5 rings (SSSR count). The van der Waals surface area contributed by atoms with Crippen molar-refractivity contribution < 1.29 is 19.1 Å². The van der Waals surface area contributed by atoms with E-state index < -0.39 is 0 Å². The number of nitrogens with zero attached hydrogens (tertiary/aromatic N) is 2. The van der Waals surface area contributed by atoms with Gasteiger partial charge >= 0.3 is 0 Å². The highest BCUT2D eigenvalue weighted by Crippen LogP contribution is 2.33. The first kappa shape index (κ1) is 17.6. The standard InChI is InChI=1S/C22H21N3O4/c1-14-2-3-15-11-18(23-17(15)10-14)22(27)25-8-6-24(7-9-25)21(26)16-4-5-19-20(12-16)29-13-28-19/h2-5,10-12,23H,6-9,13H2,1H3. The number of aryl methyl sites for hydroxylation is 1. The number of benzene rings is 2. The molecule has 1 N–H and O–H groups in total. The van der Waals surface area contributed by atoms with Gasteiger partial charge in [0, 0.05) is 42.6 Å². The number of hydrogen-bond donors (Lipinski definition) is 1. The fourth-order valence-electron chi connectivity index (χ4n) is 3.85. The summed E-state index contributed by atoms with van der Waals surface area (Å²) in [6, 6.07) is 13.2. The van der Waals surface area contributed by atoms with Crippen molar-refractivity contribution in [3.05, 3.63) is 59.3 Å². The second kappa shape index (κ2) is 6.84. The van der Waals surface area contributed by atoms with E-state index in [0.717, 1.165) is 16.5 Å². The van der Waals surface area contributed by atoms with Gasteiger partial charge in [0.25, 0.3) is 11.8 Å². The molecule has 0 bridgehead atoms. The smallest absolute Gasteiger partial charge is 0.270 e. The van der Waals surface area contributed by atoms with Gasteiger partial charge in [0.05, 0.1) is 0 Å². The Balaban J connectivity index is 1.25. The zero-order valence-electron chi connectivity index (χ0n) is 16.1. The van der Waals surface area contributed by atoms with Crippen LogP contribution in [0, 0.1) is 6.92 Å². The summed E-state index contributed by atoms with van der Waals surface area (Å²) in [5.74, 6) is 1.16. The van der Waals surface area contributed by atoms with E-state index in [9.17, 15) is 9.59 Å². The maximum Gasteiger partial charge on any atom is 0.270 e. The summed E-state index contributed by atoms with van der Waals surface area (Å²) in [6.07, 6.45) is 0. The Morgan fingerprint density at radius 1 is 0.862 bits per heavy atom. The average molecular weight is 391 g/mol. The number of fused-ring (bicyclic) bond motifs is 2. The van der Waals surface area contributed by atoms with Crippen molar-refractivity contribution in [2.24, 2.45) is 0 Å². The summed E-state index contributed by atoms with van der Waals surface area (Å²) in [4.78, 5) is 32.5. The molecular formula is C22H21N3O4. The Labute approximate surface area is 167 Å². The quantitative estimate of drug-likeness (QED) is 0.729. The molecule has 2 aromatic carbocycles. The number of H-pyrrole nitrogens is 1. The van der Waals surface area contributed by atoms with E-state index >= 15 is 0 Å². The zero-order chi connectivity index (χ0) is 20.0. The van der Waals surface area contributed by atoms with Gasteiger partial charge in [-0.2, -0.15) is 0 Å². The molecule has 0 spiro atoms. The van der Waals surface area contributed by atoms with Gasteiger partial charge in [-0.1, -0.05) is 12.1 Å². The van der Waals surface area contributed by atoms with E-state index in [4.69, 9.17) is 9.47 Å². The van der Waals surface area contributed by atoms with Crippen LogP contribution in [0.1, 0.15) is 26.4 Å². The fourth-order valence-corrected chi connectivity index (χ4v) is 3.85.